The average molecular weight is 344 g/mol. The van der Waals surface area contributed by atoms with Crippen LogP contribution in [0.15, 0.2) is 0 Å². The van der Waals surface area contributed by atoms with Gasteiger partial charge in [-0.3, -0.25) is 9.59 Å². The highest BCUT2D eigenvalue weighted by Gasteiger charge is 2.66. The summed E-state index contributed by atoms with van der Waals surface area (Å²) in [6, 6.07) is -1.11. The van der Waals surface area contributed by atoms with E-state index < -0.39 is 18.1 Å². The quantitative estimate of drug-likeness (QED) is 0.611. The predicted octanol–water partition coefficient (Wildman–Crippen LogP) is 0.474. The number of rotatable bonds is 6. The van der Waals surface area contributed by atoms with Crippen LogP contribution < -0.4 is 11.1 Å². The van der Waals surface area contributed by atoms with Crippen molar-refractivity contribution in [2.45, 2.75) is 51.8 Å². The van der Waals surface area contributed by atoms with E-state index in [2.05, 4.69) is 26.1 Å². The number of amides is 2. The van der Waals surface area contributed by atoms with E-state index in [1.165, 1.54) is 0 Å². The Kier molecular flexibility index (Phi) is 4.14. The monoisotopic (exact) mass is 343 g/mol. The fourth-order valence-corrected chi connectivity index (χ4v) is 4.62. The van der Waals surface area contributed by atoms with Crippen molar-refractivity contribution in [3.63, 3.8) is 0 Å². The summed E-state index contributed by atoms with van der Waals surface area (Å²) in [5.41, 5.74) is 5.38. The summed E-state index contributed by atoms with van der Waals surface area (Å²) in [4.78, 5) is 24.2. The maximum atomic E-state index is 12.8. The van der Waals surface area contributed by atoms with Gasteiger partial charge in [-0.1, -0.05) is 20.8 Å². The molecule has 23 heavy (non-hydrogen) atoms. The number of piperidine rings is 1. The Morgan fingerprint density at radius 1 is 1.48 bits per heavy atom. The van der Waals surface area contributed by atoms with Gasteiger partial charge in [0, 0.05) is 11.8 Å². The van der Waals surface area contributed by atoms with Crippen molar-refractivity contribution in [2.24, 2.45) is 34.8 Å². The van der Waals surface area contributed by atoms with Crippen LogP contribution in [0.3, 0.4) is 0 Å². The second-order valence-corrected chi connectivity index (χ2v) is 8.48. The van der Waals surface area contributed by atoms with Crippen molar-refractivity contribution >= 4 is 23.6 Å². The molecule has 3 rings (SSSR count). The highest BCUT2D eigenvalue weighted by Crippen LogP contribution is 2.62. The number of hydrogen-bond donors (Lipinski definition) is 3. The van der Waals surface area contributed by atoms with Gasteiger partial charge in [0.15, 0.2) is 6.10 Å². The molecule has 4 N–H and O–H groups in total. The maximum Gasteiger partial charge on any atom is 0.254 e. The Bertz CT molecular complexity index is 527. The molecule has 0 bridgehead atoms. The first-order valence-corrected chi connectivity index (χ1v) is 8.69. The smallest absolute Gasteiger partial charge is 0.254 e. The van der Waals surface area contributed by atoms with Crippen LogP contribution in [0.2, 0.25) is 0 Å². The molecule has 130 valence electrons. The van der Waals surface area contributed by atoms with Gasteiger partial charge in [-0.15, -0.1) is 0 Å². The molecule has 1 heterocycles. The van der Waals surface area contributed by atoms with Gasteiger partial charge in [0.05, 0.1) is 12.1 Å². The van der Waals surface area contributed by atoms with Crippen molar-refractivity contribution in [1.29, 1.82) is 0 Å². The zero-order valence-corrected chi connectivity index (χ0v) is 14.6. The van der Waals surface area contributed by atoms with Crippen molar-refractivity contribution in [3.05, 3.63) is 0 Å². The Morgan fingerprint density at radius 2 is 2.09 bits per heavy atom. The van der Waals surface area contributed by atoms with E-state index in [4.69, 9.17) is 17.5 Å². The summed E-state index contributed by atoms with van der Waals surface area (Å²) in [6.45, 7) is 7.23. The SMILES string of the molecule is C[C@H]1C[C@@H]1CC(C(O)C(N)=O)N(Cl)C(=O)[C@H]1NC[C@H]2[C@@H]1C2(C)C. The minimum Gasteiger partial charge on any atom is -0.381 e. The lowest BCUT2D eigenvalue weighted by atomic mass is 9.99. The predicted molar refractivity (Wildman–Crippen MR) is 86.1 cm³/mol. The number of fused-ring (bicyclic) bond motifs is 1. The molecule has 0 radical (unpaired) electrons. The number of nitrogens with one attached hydrogen (secondary N) is 1. The van der Waals surface area contributed by atoms with E-state index in [1.54, 1.807) is 0 Å². The highest BCUT2D eigenvalue weighted by molar-refractivity contribution is 6.22. The molecule has 2 saturated carbocycles. The second-order valence-electron chi connectivity index (χ2n) is 8.11. The number of halogens is 1. The van der Waals surface area contributed by atoms with E-state index in [9.17, 15) is 14.7 Å². The van der Waals surface area contributed by atoms with Crippen LogP contribution in [0.25, 0.3) is 0 Å². The van der Waals surface area contributed by atoms with E-state index >= 15 is 0 Å². The van der Waals surface area contributed by atoms with E-state index in [0.29, 0.717) is 24.2 Å². The van der Waals surface area contributed by atoms with Crippen molar-refractivity contribution in [2.75, 3.05) is 6.54 Å². The third-order valence-electron chi connectivity index (χ3n) is 6.30. The van der Waals surface area contributed by atoms with Gasteiger partial charge in [0.25, 0.3) is 5.91 Å². The Balaban J connectivity index is 1.70. The average Bonchev–Trinajstić information content (AvgIpc) is 3.20. The summed E-state index contributed by atoms with van der Waals surface area (Å²) in [5.74, 6) is 0.569. The molecule has 0 aromatic rings. The molecule has 7 heteroatoms. The number of carbonyl (C=O) groups is 2. The fourth-order valence-electron chi connectivity index (χ4n) is 4.33. The number of aliphatic hydroxyl groups is 1. The Labute approximate surface area is 141 Å². The number of nitrogens with zero attached hydrogens (tertiary/aromatic N) is 1. The largest absolute Gasteiger partial charge is 0.381 e. The standard InChI is InChI=1S/C16H26ClN3O3/c1-7-4-8(7)5-10(13(21)14(18)22)20(17)15(23)12-11-9(6-19-12)16(11,2)3/h7-13,19,21H,4-6H2,1-3H3,(H2,18,22)/t7-,8+,9-,10?,11-,12-,13?/m0/s1. The molecule has 0 aromatic heterocycles. The lowest BCUT2D eigenvalue weighted by Crippen LogP contribution is -2.53. The van der Waals surface area contributed by atoms with Crippen molar-refractivity contribution < 1.29 is 14.7 Å². The minimum absolute atomic E-state index is 0.145. The third-order valence-corrected chi connectivity index (χ3v) is 6.72. The summed E-state index contributed by atoms with van der Waals surface area (Å²) in [6.07, 6.45) is 0.0963. The lowest BCUT2D eigenvalue weighted by Gasteiger charge is -2.31. The molecule has 2 amide bonds. The van der Waals surface area contributed by atoms with Gasteiger partial charge in [-0.05, 0) is 48.5 Å². The first-order chi connectivity index (χ1) is 10.7. The number of carbonyl (C=O) groups excluding carboxylic acids is 2. The first kappa shape index (κ1) is 17.0. The molecule has 7 atom stereocenters. The van der Waals surface area contributed by atoms with Crippen LogP contribution >= 0.6 is 11.8 Å². The zero-order chi connectivity index (χ0) is 17.1. The van der Waals surface area contributed by atoms with Gasteiger partial charge in [-0.25, -0.2) is 4.42 Å². The van der Waals surface area contributed by atoms with Gasteiger partial charge in [0.2, 0.25) is 5.91 Å². The van der Waals surface area contributed by atoms with Gasteiger partial charge < -0.3 is 16.2 Å². The van der Waals surface area contributed by atoms with Crippen molar-refractivity contribution in [1.82, 2.24) is 9.74 Å². The van der Waals surface area contributed by atoms with E-state index in [-0.39, 0.29) is 23.3 Å². The number of primary amides is 1. The van der Waals surface area contributed by atoms with Crippen LogP contribution in [-0.4, -0.2) is 46.1 Å². The molecule has 0 spiro atoms. The van der Waals surface area contributed by atoms with E-state index in [1.807, 2.05) is 0 Å². The lowest BCUT2D eigenvalue weighted by molar-refractivity contribution is -0.136. The molecule has 6 nitrogen and oxygen atoms in total. The van der Waals surface area contributed by atoms with Crippen LogP contribution in [0, 0.1) is 29.1 Å². The Morgan fingerprint density at radius 3 is 2.52 bits per heavy atom. The first-order valence-electron chi connectivity index (χ1n) is 8.35. The number of nitrogens with two attached hydrogens (primary N) is 1. The molecular formula is C16H26ClN3O3. The molecule has 2 aliphatic carbocycles. The second kappa shape index (κ2) is 5.60. The minimum atomic E-state index is -1.44. The highest BCUT2D eigenvalue weighted by atomic mass is 35.5. The molecule has 1 saturated heterocycles. The van der Waals surface area contributed by atoms with Crippen LogP contribution in [0.1, 0.15) is 33.6 Å². The fraction of sp³-hybridized carbons (Fsp3) is 0.875. The molecular weight excluding hydrogens is 318 g/mol. The molecule has 3 fully saturated rings. The zero-order valence-electron chi connectivity index (χ0n) is 13.8. The molecule has 3 aliphatic rings. The van der Waals surface area contributed by atoms with Gasteiger partial charge in [0.1, 0.15) is 0 Å². The van der Waals surface area contributed by atoms with Gasteiger partial charge in [-0.2, -0.15) is 0 Å². The van der Waals surface area contributed by atoms with E-state index in [0.717, 1.165) is 17.4 Å². The summed E-state index contributed by atoms with van der Waals surface area (Å²) >= 11 is 6.29. The number of hydrogen-bond acceptors (Lipinski definition) is 4. The topological polar surface area (TPSA) is 95.7 Å². The normalized spacial score (nSPS) is 39.3. The molecule has 1 aliphatic heterocycles. The summed E-state index contributed by atoms with van der Waals surface area (Å²) in [7, 11) is 0. The maximum absolute atomic E-state index is 12.8. The van der Waals surface area contributed by atoms with Crippen LogP contribution in [-0.2, 0) is 9.59 Å². The number of aliphatic hydroxyl groups excluding tert-OH is 1. The van der Waals surface area contributed by atoms with Gasteiger partial charge >= 0.3 is 0 Å². The van der Waals surface area contributed by atoms with Crippen molar-refractivity contribution in [3.8, 4) is 0 Å². The summed E-state index contributed by atoms with van der Waals surface area (Å²) in [5, 5.41) is 13.3. The Hall–Kier alpha value is -0.850. The van der Waals surface area contributed by atoms with Crippen LogP contribution in [0.5, 0.6) is 0 Å². The summed E-state index contributed by atoms with van der Waals surface area (Å²) < 4.78 is 1.04. The third kappa shape index (κ3) is 2.85. The van der Waals surface area contributed by atoms with Crippen LogP contribution in [0.4, 0.5) is 0 Å². The molecule has 0 aromatic carbocycles. The molecule has 2 unspecified atom stereocenters.